The number of hydrogen-bond donors (Lipinski definition) is 0. The van der Waals surface area contributed by atoms with Crippen LogP contribution in [-0.4, -0.2) is 37.6 Å². The smallest absolute Gasteiger partial charge is 0.308 e. The lowest BCUT2D eigenvalue weighted by Crippen LogP contribution is -2.46. The Kier molecular flexibility index (Phi) is 3.85. The van der Waals surface area contributed by atoms with E-state index in [0.717, 1.165) is 25.4 Å². The van der Waals surface area contributed by atoms with Gasteiger partial charge >= 0.3 is 5.97 Å². The van der Waals surface area contributed by atoms with Crippen LogP contribution < -0.4 is 0 Å². The molecule has 1 saturated heterocycles. The van der Waals surface area contributed by atoms with Crippen molar-refractivity contribution in [2.45, 2.75) is 32.6 Å². The summed E-state index contributed by atoms with van der Waals surface area (Å²) >= 11 is 0. The highest BCUT2D eigenvalue weighted by Crippen LogP contribution is 2.40. The number of methoxy groups -OCH3 is 1. The Morgan fingerprint density at radius 3 is 2.88 bits per heavy atom. The predicted octanol–water partition coefficient (Wildman–Crippen LogP) is 1.92. The minimum atomic E-state index is 0.0275. The second kappa shape index (κ2) is 5.17. The molecule has 2 rings (SSSR count). The number of carbonyl (C=O) groups is 1. The molecule has 0 radical (unpaired) electrons. The summed E-state index contributed by atoms with van der Waals surface area (Å²) in [6.07, 6.45) is 4.71. The number of piperidine rings is 1. The third-order valence-corrected chi connectivity index (χ3v) is 4.43. The first-order valence-corrected chi connectivity index (χ1v) is 6.56. The molecule has 16 heavy (non-hydrogen) atoms. The van der Waals surface area contributed by atoms with Gasteiger partial charge in [-0.25, -0.2) is 0 Å². The Hall–Kier alpha value is -0.570. The summed E-state index contributed by atoms with van der Waals surface area (Å²) in [5.41, 5.74) is 0. The first-order chi connectivity index (χ1) is 7.76. The lowest BCUT2D eigenvalue weighted by atomic mass is 9.68. The molecule has 3 atom stereocenters. The van der Waals surface area contributed by atoms with Crippen molar-refractivity contribution in [2.24, 2.45) is 17.8 Å². The average Bonchev–Trinajstić information content (AvgIpc) is 2.36. The van der Waals surface area contributed by atoms with Gasteiger partial charge in [-0.15, -0.1) is 0 Å². The Labute approximate surface area is 98.1 Å². The monoisotopic (exact) mass is 225 g/mol. The minimum absolute atomic E-state index is 0.0275. The molecule has 1 aliphatic heterocycles. The molecule has 92 valence electrons. The van der Waals surface area contributed by atoms with Crippen LogP contribution in [0.1, 0.15) is 32.6 Å². The number of fused-ring (bicyclic) bond motifs is 1. The van der Waals surface area contributed by atoms with Gasteiger partial charge in [0.25, 0.3) is 0 Å². The van der Waals surface area contributed by atoms with E-state index >= 15 is 0 Å². The van der Waals surface area contributed by atoms with Gasteiger partial charge in [-0.2, -0.15) is 0 Å². The van der Waals surface area contributed by atoms with E-state index in [0.29, 0.717) is 5.92 Å². The molecule has 3 heteroatoms. The lowest BCUT2D eigenvalue weighted by molar-refractivity contribution is -0.151. The van der Waals surface area contributed by atoms with E-state index in [1.807, 2.05) is 0 Å². The van der Waals surface area contributed by atoms with Gasteiger partial charge in [0, 0.05) is 6.54 Å². The number of esters is 1. The third kappa shape index (κ3) is 2.24. The second-order valence-electron chi connectivity index (χ2n) is 5.17. The highest BCUT2D eigenvalue weighted by molar-refractivity contribution is 5.72. The van der Waals surface area contributed by atoms with E-state index in [1.54, 1.807) is 0 Å². The highest BCUT2D eigenvalue weighted by atomic mass is 16.5. The molecule has 1 saturated carbocycles. The van der Waals surface area contributed by atoms with Crippen molar-refractivity contribution in [3.8, 4) is 0 Å². The highest BCUT2D eigenvalue weighted by Gasteiger charge is 2.40. The zero-order valence-electron chi connectivity index (χ0n) is 10.4. The van der Waals surface area contributed by atoms with Crippen molar-refractivity contribution >= 4 is 5.97 Å². The van der Waals surface area contributed by atoms with Crippen molar-refractivity contribution in [1.29, 1.82) is 0 Å². The largest absolute Gasteiger partial charge is 0.469 e. The van der Waals surface area contributed by atoms with Gasteiger partial charge in [0.1, 0.15) is 0 Å². The van der Waals surface area contributed by atoms with E-state index in [1.165, 1.54) is 32.9 Å². The van der Waals surface area contributed by atoms with E-state index < -0.39 is 0 Å². The molecule has 0 N–H and O–H groups in total. The molecule has 0 unspecified atom stereocenters. The van der Waals surface area contributed by atoms with Crippen LogP contribution in [0.3, 0.4) is 0 Å². The quantitative estimate of drug-likeness (QED) is 0.672. The molecule has 2 fully saturated rings. The van der Waals surface area contributed by atoms with Gasteiger partial charge in [0.05, 0.1) is 13.0 Å². The summed E-state index contributed by atoms with van der Waals surface area (Å²) in [4.78, 5) is 14.3. The van der Waals surface area contributed by atoms with Crippen molar-refractivity contribution < 1.29 is 9.53 Å². The standard InChI is InChI=1S/C13H23NO2/c1-3-14-8-7-11-10(9-14)5-4-6-12(11)13(15)16-2/h10-12H,3-9H2,1-2H3/t10-,11-,12+/m1/s1. The van der Waals surface area contributed by atoms with Crippen molar-refractivity contribution in [3.63, 3.8) is 0 Å². The Morgan fingerprint density at radius 2 is 2.19 bits per heavy atom. The maximum atomic E-state index is 11.7. The molecule has 2 aliphatic rings. The topological polar surface area (TPSA) is 29.5 Å². The van der Waals surface area contributed by atoms with Gasteiger partial charge < -0.3 is 9.64 Å². The van der Waals surface area contributed by atoms with Crippen LogP contribution in [-0.2, 0) is 9.53 Å². The Bertz CT molecular complexity index is 254. The molecular formula is C13H23NO2. The number of hydrogen-bond acceptors (Lipinski definition) is 3. The number of carbonyl (C=O) groups excluding carboxylic acids is 1. The van der Waals surface area contributed by atoms with Crippen molar-refractivity contribution in [2.75, 3.05) is 26.7 Å². The zero-order chi connectivity index (χ0) is 11.5. The van der Waals surface area contributed by atoms with Crippen LogP contribution in [0.5, 0.6) is 0 Å². The number of rotatable bonds is 2. The van der Waals surface area contributed by atoms with E-state index in [2.05, 4.69) is 11.8 Å². The summed E-state index contributed by atoms with van der Waals surface area (Å²) in [5.74, 6) is 1.53. The summed E-state index contributed by atoms with van der Waals surface area (Å²) in [5, 5.41) is 0. The van der Waals surface area contributed by atoms with E-state index in [4.69, 9.17) is 4.74 Å². The fourth-order valence-electron chi connectivity index (χ4n) is 3.51. The summed E-state index contributed by atoms with van der Waals surface area (Å²) in [6.45, 7) is 5.72. The van der Waals surface area contributed by atoms with E-state index in [9.17, 15) is 4.79 Å². The van der Waals surface area contributed by atoms with Crippen LogP contribution in [0.2, 0.25) is 0 Å². The summed E-state index contributed by atoms with van der Waals surface area (Å²) < 4.78 is 4.94. The Morgan fingerprint density at radius 1 is 1.38 bits per heavy atom. The molecule has 0 spiro atoms. The van der Waals surface area contributed by atoms with E-state index in [-0.39, 0.29) is 11.9 Å². The normalized spacial score (nSPS) is 35.5. The summed E-state index contributed by atoms with van der Waals surface area (Å²) in [7, 11) is 1.52. The van der Waals surface area contributed by atoms with Gasteiger partial charge in [-0.1, -0.05) is 13.3 Å². The van der Waals surface area contributed by atoms with Crippen LogP contribution in [0.25, 0.3) is 0 Å². The molecule has 1 aliphatic carbocycles. The van der Waals surface area contributed by atoms with Crippen LogP contribution >= 0.6 is 0 Å². The van der Waals surface area contributed by atoms with Crippen molar-refractivity contribution in [1.82, 2.24) is 4.90 Å². The molecule has 1 heterocycles. The molecule has 0 aromatic carbocycles. The third-order valence-electron chi connectivity index (χ3n) is 4.43. The molecule has 0 aromatic rings. The summed E-state index contributed by atoms with van der Waals surface area (Å²) in [6, 6.07) is 0. The number of nitrogens with zero attached hydrogens (tertiary/aromatic N) is 1. The number of ether oxygens (including phenoxy) is 1. The van der Waals surface area contributed by atoms with Crippen LogP contribution in [0.4, 0.5) is 0 Å². The van der Waals surface area contributed by atoms with Gasteiger partial charge in [-0.05, 0) is 44.2 Å². The maximum Gasteiger partial charge on any atom is 0.308 e. The van der Waals surface area contributed by atoms with Gasteiger partial charge in [0.2, 0.25) is 0 Å². The van der Waals surface area contributed by atoms with Gasteiger partial charge in [-0.3, -0.25) is 4.79 Å². The van der Waals surface area contributed by atoms with Crippen LogP contribution in [0.15, 0.2) is 0 Å². The lowest BCUT2D eigenvalue weighted by Gasteiger charge is -2.44. The fraction of sp³-hybridized carbons (Fsp3) is 0.923. The average molecular weight is 225 g/mol. The molecule has 3 nitrogen and oxygen atoms in total. The molecule has 0 bridgehead atoms. The second-order valence-corrected chi connectivity index (χ2v) is 5.17. The van der Waals surface area contributed by atoms with Crippen molar-refractivity contribution in [3.05, 3.63) is 0 Å². The minimum Gasteiger partial charge on any atom is -0.469 e. The first kappa shape index (κ1) is 11.9. The zero-order valence-corrected chi connectivity index (χ0v) is 10.4. The molecule has 0 amide bonds. The predicted molar refractivity (Wildman–Crippen MR) is 63.1 cm³/mol. The Balaban J connectivity index is 2.01. The van der Waals surface area contributed by atoms with Gasteiger partial charge in [0.15, 0.2) is 0 Å². The van der Waals surface area contributed by atoms with Crippen LogP contribution in [0, 0.1) is 17.8 Å². The molecule has 0 aromatic heterocycles. The SMILES string of the molecule is CCN1CC[C@@H]2[C@H](CCC[C@@H]2C(=O)OC)C1. The fourth-order valence-corrected chi connectivity index (χ4v) is 3.51. The first-order valence-electron chi connectivity index (χ1n) is 6.56. The maximum absolute atomic E-state index is 11.7. The molecular weight excluding hydrogens is 202 g/mol. The number of likely N-dealkylation sites (tertiary alicyclic amines) is 1.